The van der Waals surface area contributed by atoms with Gasteiger partial charge in [-0.3, -0.25) is 9.58 Å². The molecule has 14 heteroatoms. The summed E-state index contributed by atoms with van der Waals surface area (Å²) in [5, 5.41) is 5.58. The van der Waals surface area contributed by atoms with Gasteiger partial charge in [0, 0.05) is 61.6 Å². The first-order valence-electron chi connectivity index (χ1n) is 12.9. The number of H-pyrrole nitrogens is 1. The molecular formula is C25H29F3N10O. The number of ether oxygens (including phenoxy) is 1. The molecule has 1 aliphatic heterocycles. The minimum atomic E-state index is -4.66. The quantitative estimate of drug-likeness (QED) is 0.320. The fourth-order valence-corrected chi connectivity index (χ4v) is 5.61. The topological polar surface area (TPSA) is 150 Å². The molecule has 1 saturated heterocycles. The Bertz CT molecular complexity index is 1450. The van der Waals surface area contributed by atoms with Crippen molar-refractivity contribution in [3.63, 3.8) is 0 Å². The van der Waals surface area contributed by atoms with Gasteiger partial charge in [0.2, 0.25) is 11.7 Å². The van der Waals surface area contributed by atoms with Gasteiger partial charge in [0.25, 0.3) is 0 Å². The van der Waals surface area contributed by atoms with Crippen LogP contribution in [-0.4, -0.2) is 71.4 Å². The Balaban J connectivity index is 1.08. The highest BCUT2D eigenvalue weighted by Crippen LogP contribution is 2.37. The molecule has 1 aliphatic carbocycles. The molecule has 206 valence electrons. The van der Waals surface area contributed by atoms with E-state index in [9.17, 15) is 13.2 Å². The standard InChI is InChI=1S/C25H29F3N10O/c26-25(27,28)23-35-16(8-29)7-20(36-23)39-18-3-1-17(2-4-18)37-12-24(11-30,13-37)38-10-15(9-34-38)21-19-5-6-31-22(19)33-14-32-21/h5-7,9-10,14,17-18H,1-4,8,11-13,29-30H2,(H,31,32,33)/t17-,18+. The van der Waals surface area contributed by atoms with Gasteiger partial charge < -0.3 is 21.2 Å². The van der Waals surface area contributed by atoms with Gasteiger partial charge in [-0.25, -0.2) is 15.0 Å². The largest absolute Gasteiger partial charge is 0.474 e. The zero-order chi connectivity index (χ0) is 27.2. The third kappa shape index (κ3) is 4.83. The Morgan fingerprint density at radius 3 is 2.62 bits per heavy atom. The summed E-state index contributed by atoms with van der Waals surface area (Å²) >= 11 is 0. The molecule has 0 unspecified atom stereocenters. The molecule has 1 saturated carbocycles. The number of alkyl halides is 3. The maximum atomic E-state index is 13.2. The maximum absolute atomic E-state index is 13.2. The first kappa shape index (κ1) is 25.6. The minimum Gasteiger partial charge on any atom is -0.474 e. The molecule has 4 aromatic heterocycles. The minimum absolute atomic E-state index is 0.0811. The summed E-state index contributed by atoms with van der Waals surface area (Å²) < 4.78 is 47.2. The molecule has 0 atom stereocenters. The molecule has 5 N–H and O–H groups in total. The number of likely N-dealkylation sites (tertiary alicyclic amines) is 1. The smallest absolute Gasteiger partial charge is 0.451 e. The van der Waals surface area contributed by atoms with Gasteiger partial charge in [-0.1, -0.05) is 0 Å². The summed E-state index contributed by atoms with van der Waals surface area (Å²) in [6, 6.07) is 3.67. The van der Waals surface area contributed by atoms with Gasteiger partial charge in [-0.05, 0) is 31.7 Å². The number of aromatic amines is 1. The SMILES string of the molecule is NCc1cc(O[C@H]2CC[C@@H](N3CC(CN)(n4cc(-c5ncnc6[nH]ccc56)cn4)C3)CC2)nc(C(F)(F)F)n1. The van der Waals surface area contributed by atoms with Crippen LogP contribution < -0.4 is 16.2 Å². The highest BCUT2D eigenvalue weighted by Gasteiger charge is 2.47. The van der Waals surface area contributed by atoms with Crippen LogP contribution in [0, 0.1) is 0 Å². The second-order valence-corrected chi connectivity index (χ2v) is 10.2. The highest BCUT2D eigenvalue weighted by atomic mass is 19.4. The van der Waals surface area contributed by atoms with E-state index in [1.165, 1.54) is 12.4 Å². The van der Waals surface area contributed by atoms with Gasteiger partial charge in [-0.2, -0.15) is 23.3 Å². The van der Waals surface area contributed by atoms with Crippen LogP contribution in [0.25, 0.3) is 22.3 Å². The van der Waals surface area contributed by atoms with Crippen molar-refractivity contribution in [1.29, 1.82) is 0 Å². The predicted molar refractivity (Wildman–Crippen MR) is 135 cm³/mol. The van der Waals surface area contributed by atoms with Crippen LogP contribution >= 0.6 is 0 Å². The first-order chi connectivity index (χ1) is 18.8. The summed E-state index contributed by atoms with van der Waals surface area (Å²) in [5.74, 6) is -1.31. The average Bonchev–Trinajstić information content (AvgIpc) is 3.59. The number of nitrogens with two attached hydrogens (primary N) is 2. The molecule has 2 aliphatic rings. The van der Waals surface area contributed by atoms with Gasteiger partial charge in [0.05, 0.1) is 17.6 Å². The second kappa shape index (κ2) is 9.84. The molecular weight excluding hydrogens is 513 g/mol. The Hall–Kier alpha value is -3.62. The van der Waals surface area contributed by atoms with E-state index in [4.69, 9.17) is 16.2 Å². The molecule has 4 aromatic rings. The molecule has 0 spiro atoms. The van der Waals surface area contributed by atoms with Crippen molar-refractivity contribution in [3.05, 3.63) is 48.6 Å². The number of aromatic nitrogens is 7. The van der Waals surface area contributed by atoms with Gasteiger partial charge in [0.1, 0.15) is 23.6 Å². The summed E-state index contributed by atoms with van der Waals surface area (Å²) in [6.07, 6.45) is 5.46. The first-order valence-corrected chi connectivity index (χ1v) is 12.9. The monoisotopic (exact) mass is 542 g/mol. The number of rotatable bonds is 7. The van der Waals surface area contributed by atoms with Crippen LogP contribution in [-0.2, 0) is 18.3 Å². The van der Waals surface area contributed by atoms with Crippen molar-refractivity contribution < 1.29 is 17.9 Å². The number of hydrogen-bond acceptors (Lipinski definition) is 9. The number of fused-ring (bicyclic) bond motifs is 1. The molecule has 0 aromatic carbocycles. The van der Waals surface area contributed by atoms with Crippen LogP contribution in [0.3, 0.4) is 0 Å². The number of nitrogens with one attached hydrogen (secondary N) is 1. The molecule has 0 bridgehead atoms. The highest BCUT2D eigenvalue weighted by molar-refractivity contribution is 5.89. The van der Waals surface area contributed by atoms with E-state index in [0.717, 1.165) is 48.2 Å². The fraction of sp³-hybridized carbons (Fsp3) is 0.480. The van der Waals surface area contributed by atoms with Crippen LogP contribution in [0.1, 0.15) is 37.2 Å². The van der Waals surface area contributed by atoms with Crippen LogP contribution in [0.5, 0.6) is 5.88 Å². The lowest BCUT2D eigenvalue weighted by molar-refractivity contribution is -0.145. The second-order valence-electron chi connectivity index (χ2n) is 10.2. The lowest BCUT2D eigenvalue weighted by Crippen LogP contribution is -2.68. The Morgan fingerprint density at radius 1 is 1.10 bits per heavy atom. The molecule has 39 heavy (non-hydrogen) atoms. The van der Waals surface area contributed by atoms with Crippen molar-refractivity contribution in [2.24, 2.45) is 11.5 Å². The van der Waals surface area contributed by atoms with Gasteiger partial charge >= 0.3 is 6.18 Å². The van der Waals surface area contributed by atoms with Crippen molar-refractivity contribution in [1.82, 2.24) is 39.6 Å². The number of halogens is 3. The van der Waals surface area contributed by atoms with Crippen LogP contribution in [0.15, 0.2) is 37.1 Å². The van der Waals surface area contributed by atoms with Crippen molar-refractivity contribution in [2.75, 3.05) is 19.6 Å². The Morgan fingerprint density at radius 2 is 1.90 bits per heavy atom. The Kier molecular flexibility index (Phi) is 6.47. The lowest BCUT2D eigenvalue weighted by atomic mass is 9.83. The fourth-order valence-electron chi connectivity index (χ4n) is 5.61. The zero-order valence-corrected chi connectivity index (χ0v) is 21.1. The lowest BCUT2D eigenvalue weighted by Gasteiger charge is -2.53. The van der Waals surface area contributed by atoms with E-state index in [0.29, 0.717) is 25.4 Å². The third-order valence-electron chi connectivity index (χ3n) is 7.74. The summed E-state index contributed by atoms with van der Waals surface area (Å²) in [5.41, 5.74) is 14.1. The van der Waals surface area contributed by atoms with E-state index in [-0.39, 0.29) is 29.8 Å². The molecule has 0 radical (unpaired) electrons. The molecule has 6 rings (SSSR count). The molecule has 0 amide bonds. The predicted octanol–water partition coefficient (Wildman–Crippen LogP) is 2.45. The number of hydrogen-bond donors (Lipinski definition) is 3. The van der Waals surface area contributed by atoms with Crippen molar-refractivity contribution in [2.45, 2.75) is 56.1 Å². The van der Waals surface area contributed by atoms with Crippen molar-refractivity contribution >= 4 is 11.0 Å². The van der Waals surface area contributed by atoms with Gasteiger partial charge in [-0.15, -0.1) is 0 Å². The van der Waals surface area contributed by atoms with Crippen LogP contribution in [0.4, 0.5) is 13.2 Å². The zero-order valence-electron chi connectivity index (χ0n) is 21.1. The summed E-state index contributed by atoms with van der Waals surface area (Å²) in [7, 11) is 0. The maximum Gasteiger partial charge on any atom is 0.451 e. The van der Waals surface area contributed by atoms with Crippen molar-refractivity contribution in [3.8, 4) is 17.1 Å². The normalized spacial score (nSPS) is 21.7. The van der Waals surface area contributed by atoms with Gasteiger partial charge in [0.15, 0.2) is 0 Å². The number of nitrogens with zero attached hydrogens (tertiary/aromatic N) is 7. The Labute approximate surface area is 221 Å². The van der Waals surface area contributed by atoms with Crippen LogP contribution in [0.2, 0.25) is 0 Å². The van der Waals surface area contributed by atoms with E-state index in [1.54, 1.807) is 0 Å². The summed E-state index contributed by atoms with van der Waals surface area (Å²) in [6.45, 7) is 1.86. The van der Waals surface area contributed by atoms with E-state index >= 15 is 0 Å². The molecule has 11 nitrogen and oxygen atoms in total. The third-order valence-corrected chi connectivity index (χ3v) is 7.74. The molecule has 2 fully saturated rings. The summed E-state index contributed by atoms with van der Waals surface area (Å²) in [4.78, 5) is 21.3. The average molecular weight is 543 g/mol. The molecule has 5 heterocycles. The van der Waals surface area contributed by atoms with E-state index in [1.807, 2.05) is 29.3 Å². The van der Waals surface area contributed by atoms with E-state index < -0.39 is 12.0 Å². The van der Waals surface area contributed by atoms with E-state index in [2.05, 4.69) is 34.9 Å².